The molecule has 0 spiro atoms. The van der Waals surface area contributed by atoms with Crippen molar-refractivity contribution in [3.8, 4) is 11.7 Å². The van der Waals surface area contributed by atoms with Crippen LogP contribution in [-0.2, 0) is 22.5 Å². The van der Waals surface area contributed by atoms with Crippen molar-refractivity contribution in [1.29, 1.82) is 0 Å². The van der Waals surface area contributed by atoms with E-state index in [1.807, 2.05) is 0 Å². The first kappa shape index (κ1) is 28.0. The van der Waals surface area contributed by atoms with Crippen LogP contribution in [0.3, 0.4) is 0 Å². The lowest BCUT2D eigenvalue weighted by Crippen LogP contribution is -2.32. The molecular formula is C27H25F2N9O4. The molecule has 5 aromatic rings. The van der Waals surface area contributed by atoms with Gasteiger partial charge in [-0.15, -0.1) is 0 Å². The molecule has 0 aliphatic rings. The van der Waals surface area contributed by atoms with E-state index >= 15 is 0 Å². The number of halogens is 2. The Bertz CT molecular complexity index is 1770. The summed E-state index contributed by atoms with van der Waals surface area (Å²) in [5.41, 5.74) is 17.1. The number of rotatable bonds is 8. The number of nitrogens with one attached hydrogen (secondary N) is 1. The molecule has 0 saturated heterocycles. The van der Waals surface area contributed by atoms with Gasteiger partial charge in [-0.2, -0.15) is 19.7 Å². The van der Waals surface area contributed by atoms with Crippen LogP contribution in [0, 0.1) is 11.6 Å². The highest BCUT2D eigenvalue weighted by molar-refractivity contribution is 5.95. The number of carbonyl (C=O) groups is 1. The van der Waals surface area contributed by atoms with Crippen molar-refractivity contribution in [3.05, 3.63) is 83.2 Å². The highest BCUT2D eigenvalue weighted by Gasteiger charge is 2.27. The summed E-state index contributed by atoms with van der Waals surface area (Å²) in [7, 11) is 2.58. The second-order valence-electron chi connectivity index (χ2n) is 9.00. The van der Waals surface area contributed by atoms with E-state index < -0.39 is 17.7 Å². The molecule has 15 heteroatoms. The maximum absolute atomic E-state index is 14.4. The predicted octanol–water partition coefficient (Wildman–Crippen LogP) is 3.70. The van der Waals surface area contributed by atoms with Gasteiger partial charge in [-0.05, 0) is 29.8 Å². The fraction of sp³-hybridized carbons (Fsp3) is 0.148. The number of hydrogen-bond acceptors (Lipinski definition) is 11. The van der Waals surface area contributed by atoms with Gasteiger partial charge in [0.25, 0.3) is 5.95 Å². The molecule has 13 nitrogen and oxygen atoms in total. The lowest BCUT2D eigenvalue weighted by Gasteiger charge is -2.24. The van der Waals surface area contributed by atoms with Gasteiger partial charge < -0.3 is 21.3 Å². The maximum atomic E-state index is 14.4. The van der Waals surface area contributed by atoms with Gasteiger partial charge in [0.15, 0.2) is 11.6 Å². The van der Waals surface area contributed by atoms with Gasteiger partial charge >= 0.3 is 6.09 Å². The van der Waals surface area contributed by atoms with Crippen molar-refractivity contribution in [2.45, 2.75) is 13.0 Å². The number of nitrogen functional groups attached to an aromatic ring is 2. The Balaban J connectivity index is 1.58. The monoisotopic (exact) mass is 577 g/mol. The molecule has 0 saturated carbocycles. The third-order valence-corrected chi connectivity index (χ3v) is 6.28. The Kier molecular flexibility index (Phi) is 7.66. The third kappa shape index (κ3) is 5.40. The number of hydrogen-bond donors (Lipinski definition) is 4. The first-order chi connectivity index (χ1) is 20.2. The highest BCUT2D eigenvalue weighted by Crippen LogP contribution is 2.33. The fourth-order valence-corrected chi connectivity index (χ4v) is 4.39. The quantitative estimate of drug-likeness (QED) is 0.156. The number of nitrogens with zero attached hydrogens (tertiary/aromatic N) is 6. The molecule has 0 radical (unpaired) electrons. The van der Waals surface area contributed by atoms with Crippen LogP contribution >= 0.6 is 0 Å². The Morgan fingerprint density at radius 2 is 1.81 bits per heavy atom. The lowest BCUT2D eigenvalue weighted by atomic mass is 10.1. The zero-order valence-electron chi connectivity index (χ0n) is 22.4. The number of phenols is 1. The topological polar surface area (TPSA) is 180 Å². The maximum Gasteiger partial charge on any atom is 0.414 e. The standard InChI is InChI=1S/C27H25F2N9O4/c1-41-27(40)37(13-15-9-17(36-42-2)7-8-21(15)39)23-24(30)33-26(34-25(23)31)38-20-11-16(28)12-32-22(20)19(35-38)10-14-5-3-4-6-18(14)29/h3-9,11-12,36,39H,10,13H2,1-2H3,(H4,30,31,33,34). The molecule has 0 atom stereocenters. The molecule has 0 fully saturated rings. The lowest BCUT2D eigenvalue weighted by molar-refractivity contribution is 0.178. The Morgan fingerprint density at radius 1 is 1.07 bits per heavy atom. The van der Waals surface area contributed by atoms with E-state index in [1.165, 1.54) is 30.0 Å². The van der Waals surface area contributed by atoms with Gasteiger partial charge in [0.1, 0.15) is 28.6 Å². The van der Waals surface area contributed by atoms with Gasteiger partial charge in [0, 0.05) is 18.1 Å². The largest absolute Gasteiger partial charge is 0.508 e. The van der Waals surface area contributed by atoms with Gasteiger partial charge in [0.05, 0.1) is 43.9 Å². The molecule has 0 aliphatic carbocycles. The van der Waals surface area contributed by atoms with Crippen LogP contribution in [0.4, 0.5) is 36.6 Å². The van der Waals surface area contributed by atoms with E-state index in [-0.39, 0.29) is 47.5 Å². The van der Waals surface area contributed by atoms with Crippen LogP contribution in [0.15, 0.2) is 54.7 Å². The molecule has 5 rings (SSSR count). The number of methoxy groups -OCH3 is 1. The van der Waals surface area contributed by atoms with E-state index in [2.05, 4.69) is 25.5 Å². The summed E-state index contributed by atoms with van der Waals surface area (Å²) in [5, 5.41) is 14.9. The Morgan fingerprint density at radius 3 is 2.50 bits per heavy atom. The van der Waals surface area contributed by atoms with E-state index in [1.54, 1.807) is 30.3 Å². The minimum Gasteiger partial charge on any atom is -0.508 e. The summed E-state index contributed by atoms with van der Waals surface area (Å²) in [5.74, 6) is -1.84. The smallest absolute Gasteiger partial charge is 0.414 e. The van der Waals surface area contributed by atoms with Crippen molar-refractivity contribution in [1.82, 2.24) is 24.7 Å². The van der Waals surface area contributed by atoms with Crippen LogP contribution in [0.25, 0.3) is 17.0 Å². The van der Waals surface area contributed by atoms with Crippen LogP contribution in [0.5, 0.6) is 5.75 Å². The number of fused-ring (bicyclic) bond motifs is 1. The number of ether oxygens (including phenoxy) is 1. The Labute approximate surface area is 237 Å². The molecule has 6 N–H and O–H groups in total. The van der Waals surface area contributed by atoms with E-state index in [0.29, 0.717) is 28.0 Å². The molecule has 3 heterocycles. The van der Waals surface area contributed by atoms with Crippen LogP contribution in [0.1, 0.15) is 16.8 Å². The van der Waals surface area contributed by atoms with Crippen molar-refractivity contribution < 1.29 is 28.3 Å². The van der Waals surface area contributed by atoms with E-state index in [9.17, 15) is 18.7 Å². The first-order valence-corrected chi connectivity index (χ1v) is 12.4. The van der Waals surface area contributed by atoms with Crippen molar-refractivity contribution in [2.75, 3.05) is 36.1 Å². The predicted molar refractivity (Wildman–Crippen MR) is 150 cm³/mol. The SMILES string of the molecule is CONc1ccc(O)c(CN(C(=O)OC)c2c(N)nc(-n3nc(Cc4ccccc4F)c4ncc(F)cc43)nc2N)c1. The summed E-state index contributed by atoms with van der Waals surface area (Å²) in [4.78, 5) is 31.5. The zero-order chi connectivity index (χ0) is 30.0. The number of phenolic OH excluding ortho intramolecular Hbond substituents is 1. The summed E-state index contributed by atoms with van der Waals surface area (Å²) in [6.45, 7) is -0.235. The number of nitrogens with two attached hydrogens (primary N) is 2. The van der Waals surface area contributed by atoms with Crippen LogP contribution in [-0.4, -0.2) is 50.2 Å². The summed E-state index contributed by atoms with van der Waals surface area (Å²) >= 11 is 0. The summed E-state index contributed by atoms with van der Waals surface area (Å²) < 4.78 is 34.8. The number of pyridine rings is 1. The van der Waals surface area contributed by atoms with Crippen molar-refractivity contribution in [3.63, 3.8) is 0 Å². The number of amides is 1. The summed E-state index contributed by atoms with van der Waals surface area (Å²) in [6.07, 6.45) is 0.207. The Hall–Kier alpha value is -5.57. The fourth-order valence-electron chi connectivity index (χ4n) is 4.39. The minimum atomic E-state index is -0.864. The molecule has 0 aliphatic heterocycles. The van der Waals surface area contributed by atoms with Gasteiger partial charge in [-0.1, -0.05) is 18.2 Å². The van der Waals surface area contributed by atoms with Gasteiger partial charge in [-0.25, -0.2) is 18.6 Å². The summed E-state index contributed by atoms with van der Waals surface area (Å²) in [6, 6.07) is 11.9. The molecule has 1 amide bonds. The van der Waals surface area contributed by atoms with Gasteiger partial charge in [0.2, 0.25) is 0 Å². The number of benzene rings is 2. The number of aromatic hydroxyl groups is 1. The van der Waals surface area contributed by atoms with Crippen molar-refractivity contribution >= 4 is 40.1 Å². The van der Waals surface area contributed by atoms with E-state index in [4.69, 9.17) is 21.0 Å². The number of carbonyl (C=O) groups excluding carboxylic acids is 1. The van der Waals surface area contributed by atoms with Crippen LogP contribution in [0.2, 0.25) is 0 Å². The van der Waals surface area contributed by atoms with Crippen molar-refractivity contribution in [2.24, 2.45) is 0 Å². The third-order valence-electron chi connectivity index (χ3n) is 6.28. The van der Waals surface area contributed by atoms with Gasteiger partial charge in [-0.3, -0.25) is 15.2 Å². The molecule has 0 bridgehead atoms. The average molecular weight is 578 g/mol. The van der Waals surface area contributed by atoms with Crippen LogP contribution < -0.4 is 21.8 Å². The molecule has 2 aromatic carbocycles. The second-order valence-corrected chi connectivity index (χ2v) is 9.00. The van der Waals surface area contributed by atoms with E-state index in [0.717, 1.165) is 18.2 Å². The zero-order valence-corrected chi connectivity index (χ0v) is 22.4. The molecule has 3 aromatic heterocycles. The second kappa shape index (κ2) is 11.5. The molecule has 42 heavy (non-hydrogen) atoms. The average Bonchev–Trinajstić information content (AvgIpc) is 3.31. The molecular weight excluding hydrogens is 552 g/mol. The molecule has 216 valence electrons. The normalized spacial score (nSPS) is 11.0. The first-order valence-electron chi connectivity index (χ1n) is 12.4. The minimum absolute atomic E-state index is 0.0501. The molecule has 0 unspecified atom stereocenters. The number of aromatic nitrogens is 5. The number of anilines is 4. The highest BCUT2D eigenvalue weighted by atomic mass is 19.1.